The normalized spacial score (nSPS) is 13.2. The van der Waals surface area contributed by atoms with Crippen LogP contribution in [-0.4, -0.2) is 0 Å². The van der Waals surface area contributed by atoms with Crippen LogP contribution in [0.1, 0.15) is 22.3 Å². The van der Waals surface area contributed by atoms with Gasteiger partial charge in [-0.25, -0.2) is 0 Å². The van der Waals surface area contributed by atoms with Gasteiger partial charge in [0.2, 0.25) is 0 Å². The lowest BCUT2D eigenvalue weighted by molar-refractivity contribution is 0.359. The minimum absolute atomic E-state index is 0.445. The Hall–Kier alpha value is -8.14. The Morgan fingerprint density at radius 3 is 1.52 bits per heavy atom. The molecule has 62 heavy (non-hydrogen) atoms. The van der Waals surface area contributed by atoms with E-state index in [0.717, 1.165) is 50.8 Å². The van der Waals surface area contributed by atoms with E-state index in [0.29, 0.717) is 11.5 Å². The predicted molar refractivity (Wildman–Crippen MR) is 252 cm³/mol. The van der Waals surface area contributed by atoms with Crippen molar-refractivity contribution in [1.29, 1.82) is 0 Å². The van der Waals surface area contributed by atoms with E-state index in [9.17, 15) is 0 Å². The van der Waals surface area contributed by atoms with Gasteiger partial charge in [-0.3, -0.25) is 0 Å². The monoisotopic (exact) mass is 791 g/mol. The van der Waals surface area contributed by atoms with Crippen molar-refractivity contribution in [2.75, 3.05) is 4.90 Å². The van der Waals surface area contributed by atoms with Gasteiger partial charge < -0.3 is 14.4 Å². The van der Waals surface area contributed by atoms with Crippen molar-refractivity contribution in [2.24, 2.45) is 0 Å². The van der Waals surface area contributed by atoms with Gasteiger partial charge in [-0.2, -0.15) is 0 Å². The Labute approximate surface area is 360 Å². The van der Waals surface area contributed by atoms with E-state index in [1.165, 1.54) is 55.3 Å². The van der Waals surface area contributed by atoms with Gasteiger partial charge in [0.05, 0.1) is 11.1 Å². The number of hydrogen-bond acceptors (Lipinski definition) is 3. The maximum Gasteiger partial charge on any atom is 0.170 e. The van der Waals surface area contributed by atoms with Gasteiger partial charge in [0.25, 0.3) is 0 Å². The van der Waals surface area contributed by atoms with E-state index in [4.69, 9.17) is 9.47 Å². The molecule has 1 spiro atoms. The topological polar surface area (TPSA) is 21.7 Å². The third-order valence-corrected chi connectivity index (χ3v) is 13.1. The van der Waals surface area contributed by atoms with Gasteiger partial charge in [0.15, 0.2) is 23.0 Å². The molecule has 0 radical (unpaired) electrons. The molecule has 1 aliphatic heterocycles. The second-order valence-corrected chi connectivity index (χ2v) is 16.4. The quantitative estimate of drug-likeness (QED) is 0.173. The average molecular weight is 792 g/mol. The van der Waals surface area contributed by atoms with Crippen LogP contribution in [0.4, 0.5) is 17.1 Å². The fourth-order valence-electron chi connectivity index (χ4n) is 10.5. The zero-order valence-corrected chi connectivity index (χ0v) is 33.6. The number of anilines is 3. The summed E-state index contributed by atoms with van der Waals surface area (Å²) < 4.78 is 13.6. The number of benzene rings is 10. The molecule has 290 valence electrons. The van der Waals surface area contributed by atoms with Crippen molar-refractivity contribution >= 4 is 27.8 Å². The van der Waals surface area contributed by atoms with Crippen LogP contribution < -0.4 is 14.4 Å². The second kappa shape index (κ2) is 13.4. The molecule has 0 atom stereocenters. The molecule has 0 aromatic heterocycles. The van der Waals surface area contributed by atoms with Crippen LogP contribution in [0.15, 0.2) is 224 Å². The maximum atomic E-state index is 6.84. The molecule has 10 aromatic rings. The smallest absolute Gasteiger partial charge is 0.170 e. The molecule has 3 aliphatic rings. The largest absolute Gasteiger partial charge is 0.450 e. The van der Waals surface area contributed by atoms with E-state index >= 15 is 0 Å². The Morgan fingerprint density at radius 1 is 0.306 bits per heavy atom. The van der Waals surface area contributed by atoms with Crippen molar-refractivity contribution in [1.82, 2.24) is 0 Å². The van der Waals surface area contributed by atoms with E-state index in [1.807, 2.05) is 6.07 Å². The fourth-order valence-corrected chi connectivity index (χ4v) is 10.5. The molecule has 0 saturated heterocycles. The summed E-state index contributed by atoms with van der Waals surface area (Å²) in [5.74, 6) is 2.85. The third-order valence-electron chi connectivity index (χ3n) is 13.1. The lowest BCUT2D eigenvalue weighted by atomic mass is 9.70. The predicted octanol–water partition coefficient (Wildman–Crippen LogP) is 15.9. The van der Waals surface area contributed by atoms with E-state index < -0.39 is 5.41 Å². The summed E-state index contributed by atoms with van der Waals surface area (Å²) in [6.07, 6.45) is 0. The van der Waals surface area contributed by atoms with Crippen molar-refractivity contribution in [2.45, 2.75) is 5.41 Å². The van der Waals surface area contributed by atoms with Crippen molar-refractivity contribution in [3.05, 3.63) is 247 Å². The Kier molecular flexibility index (Phi) is 7.52. The lowest BCUT2D eigenvalue weighted by Gasteiger charge is -2.31. The SMILES string of the molecule is c1ccc(N(c2ccc(-c3ccccc3-c3ccc4c(c3)Oc3cc5c(cc3O4)C3(c4ccccc4-c4ccccc43)c3ccccc3-5)cc2)c2cccc3ccccc23)cc1. The zero-order chi connectivity index (χ0) is 40.8. The molecule has 10 aromatic carbocycles. The van der Waals surface area contributed by atoms with Crippen molar-refractivity contribution < 1.29 is 9.47 Å². The molecule has 2 aliphatic carbocycles. The summed E-state index contributed by atoms with van der Waals surface area (Å²) >= 11 is 0. The van der Waals surface area contributed by atoms with Crippen LogP contribution in [0, 0.1) is 0 Å². The van der Waals surface area contributed by atoms with Crippen LogP contribution in [0.25, 0.3) is 55.3 Å². The first-order valence-corrected chi connectivity index (χ1v) is 21.2. The lowest BCUT2D eigenvalue weighted by Crippen LogP contribution is -2.25. The molecule has 0 N–H and O–H groups in total. The highest BCUT2D eigenvalue weighted by atomic mass is 16.6. The summed E-state index contributed by atoms with van der Waals surface area (Å²) in [6, 6.07) is 80.6. The highest BCUT2D eigenvalue weighted by Gasteiger charge is 2.52. The minimum atomic E-state index is -0.445. The molecule has 1 heterocycles. The molecule has 0 bridgehead atoms. The highest BCUT2D eigenvalue weighted by molar-refractivity contribution is 5.99. The minimum Gasteiger partial charge on any atom is -0.450 e. The summed E-state index contributed by atoms with van der Waals surface area (Å²) in [7, 11) is 0. The number of rotatable bonds is 5. The number of ether oxygens (including phenoxy) is 2. The van der Waals surface area contributed by atoms with Gasteiger partial charge in [-0.15, -0.1) is 0 Å². The van der Waals surface area contributed by atoms with Gasteiger partial charge >= 0.3 is 0 Å². The van der Waals surface area contributed by atoms with Crippen LogP contribution in [-0.2, 0) is 5.41 Å². The van der Waals surface area contributed by atoms with Crippen molar-refractivity contribution in [3.8, 4) is 67.5 Å². The maximum absolute atomic E-state index is 6.84. The first kappa shape index (κ1) is 34.7. The van der Waals surface area contributed by atoms with Gasteiger partial charge in [-0.1, -0.05) is 170 Å². The van der Waals surface area contributed by atoms with Gasteiger partial charge in [-0.05, 0) is 127 Å². The summed E-state index contributed by atoms with van der Waals surface area (Å²) in [4.78, 5) is 2.34. The number of para-hydroxylation sites is 1. The molecular weight excluding hydrogens is 755 g/mol. The zero-order valence-electron chi connectivity index (χ0n) is 33.6. The average Bonchev–Trinajstić information content (AvgIpc) is 3.80. The van der Waals surface area contributed by atoms with E-state index in [-0.39, 0.29) is 0 Å². The fraction of sp³-hybridized carbons (Fsp3) is 0.0169. The molecule has 0 unspecified atom stereocenters. The standard InChI is InChI=1S/C59H37NO2/c1-2-17-41(18-3-1)60(54-28-14-16-38-15-4-5-21-45(38)54)42-32-29-39(30-33-42)43-19-6-7-20-44(43)40-31-34-55-56(35-40)62-57-36-49-48-24-10-13-27-52(48)59(53(49)37-58(57)61-55)50-25-11-8-22-46(50)47-23-9-12-26-51(47)59/h1-37H. The Morgan fingerprint density at radius 2 is 0.806 bits per heavy atom. The number of fused-ring (bicyclic) bond motifs is 13. The molecule has 3 heteroatoms. The molecule has 0 fully saturated rings. The first-order valence-electron chi connectivity index (χ1n) is 21.2. The van der Waals surface area contributed by atoms with E-state index in [1.54, 1.807) is 0 Å². The summed E-state index contributed by atoms with van der Waals surface area (Å²) in [5.41, 5.74) is 17.4. The van der Waals surface area contributed by atoms with Crippen LogP contribution >= 0.6 is 0 Å². The Balaban J connectivity index is 0.868. The Bertz CT molecular complexity index is 3370. The van der Waals surface area contributed by atoms with Crippen LogP contribution in [0.5, 0.6) is 23.0 Å². The second-order valence-electron chi connectivity index (χ2n) is 16.4. The van der Waals surface area contributed by atoms with E-state index in [2.05, 4.69) is 223 Å². The highest BCUT2D eigenvalue weighted by Crippen LogP contribution is 2.64. The molecule has 3 nitrogen and oxygen atoms in total. The van der Waals surface area contributed by atoms with Crippen LogP contribution in [0.3, 0.4) is 0 Å². The summed E-state index contributed by atoms with van der Waals surface area (Å²) in [5, 5.41) is 2.42. The number of hydrogen-bond donors (Lipinski definition) is 0. The first-order chi connectivity index (χ1) is 30.7. The van der Waals surface area contributed by atoms with Gasteiger partial charge in [0.1, 0.15) is 0 Å². The molecular formula is C59H37NO2. The van der Waals surface area contributed by atoms with Gasteiger partial charge in [0, 0.05) is 16.8 Å². The van der Waals surface area contributed by atoms with Crippen LogP contribution in [0.2, 0.25) is 0 Å². The summed E-state index contributed by atoms with van der Waals surface area (Å²) in [6.45, 7) is 0. The van der Waals surface area contributed by atoms with Crippen molar-refractivity contribution in [3.63, 3.8) is 0 Å². The third kappa shape index (κ3) is 5.00. The molecule has 0 amide bonds. The number of nitrogens with zero attached hydrogens (tertiary/aromatic N) is 1. The molecule has 13 rings (SSSR count). The molecule has 0 saturated carbocycles.